The average molecular weight is 316 g/mol. The Morgan fingerprint density at radius 3 is 2.57 bits per heavy atom. The summed E-state index contributed by atoms with van der Waals surface area (Å²) in [7, 11) is 0. The van der Waals surface area contributed by atoms with Gasteiger partial charge >= 0.3 is 0 Å². The number of carbonyl (C=O) groups is 1. The fourth-order valence-electron chi connectivity index (χ4n) is 4.03. The molecule has 1 aromatic carbocycles. The quantitative estimate of drug-likeness (QED) is 0.931. The van der Waals surface area contributed by atoms with Crippen molar-refractivity contribution >= 4 is 5.91 Å². The zero-order chi connectivity index (χ0) is 16.2. The van der Waals surface area contributed by atoms with Gasteiger partial charge in [-0.15, -0.1) is 0 Å². The minimum absolute atomic E-state index is 0.135. The van der Waals surface area contributed by atoms with Gasteiger partial charge in [0.25, 0.3) is 0 Å². The molecule has 4 heteroatoms. The lowest BCUT2D eigenvalue weighted by atomic mass is 9.81. The Bertz CT molecular complexity index is 513. The Morgan fingerprint density at radius 1 is 1.22 bits per heavy atom. The van der Waals surface area contributed by atoms with Crippen LogP contribution in [0.3, 0.4) is 0 Å². The summed E-state index contributed by atoms with van der Waals surface area (Å²) in [5.41, 5.74) is 7.66. The van der Waals surface area contributed by atoms with E-state index in [-0.39, 0.29) is 17.9 Å². The molecule has 1 amide bonds. The first kappa shape index (κ1) is 16.5. The molecule has 2 heterocycles. The van der Waals surface area contributed by atoms with E-state index in [2.05, 4.69) is 37.3 Å². The highest BCUT2D eigenvalue weighted by Gasteiger charge is 2.34. The molecule has 0 aromatic heterocycles. The third kappa shape index (κ3) is 3.75. The van der Waals surface area contributed by atoms with Crippen LogP contribution in [0.5, 0.6) is 0 Å². The van der Waals surface area contributed by atoms with Gasteiger partial charge in [-0.3, -0.25) is 4.79 Å². The van der Waals surface area contributed by atoms with E-state index in [0.717, 1.165) is 45.6 Å². The smallest absolute Gasteiger partial charge is 0.239 e. The minimum atomic E-state index is -0.362. The number of ether oxygens (including phenoxy) is 1. The normalized spacial score (nSPS) is 27.7. The third-order valence-corrected chi connectivity index (χ3v) is 5.50. The van der Waals surface area contributed by atoms with Crippen LogP contribution in [-0.4, -0.2) is 43.2 Å². The maximum absolute atomic E-state index is 12.7. The number of nitrogens with zero attached hydrogens (tertiary/aromatic N) is 1. The van der Waals surface area contributed by atoms with E-state index in [4.69, 9.17) is 10.5 Å². The molecule has 0 radical (unpaired) electrons. The second-order valence-corrected chi connectivity index (χ2v) is 7.04. The van der Waals surface area contributed by atoms with Crippen LogP contribution in [0.1, 0.15) is 37.7 Å². The molecule has 0 bridgehead atoms. The molecular weight excluding hydrogens is 288 g/mol. The van der Waals surface area contributed by atoms with Gasteiger partial charge in [-0.2, -0.15) is 0 Å². The fourth-order valence-corrected chi connectivity index (χ4v) is 4.03. The number of carbonyl (C=O) groups excluding carboxylic acids is 1. The number of piperidine rings is 1. The summed E-state index contributed by atoms with van der Waals surface area (Å²) in [6.45, 7) is 5.35. The highest BCUT2D eigenvalue weighted by atomic mass is 16.5. The summed E-state index contributed by atoms with van der Waals surface area (Å²) in [4.78, 5) is 14.7. The van der Waals surface area contributed by atoms with Gasteiger partial charge in [-0.05, 0) is 42.6 Å². The van der Waals surface area contributed by atoms with Crippen LogP contribution < -0.4 is 5.73 Å². The van der Waals surface area contributed by atoms with Gasteiger partial charge in [0.15, 0.2) is 0 Å². The van der Waals surface area contributed by atoms with Gasteiger partial charge < -0.3 is 15.4 Å². The van der Waals surface area contributed by atoms with Gasteiger partial charge in [-0.1, -0.05) is 37.3 Å². The topological polar surface area (TPSA) is 55.6 Å². The SMILES string of the molecule is CC1CN(C(=O)C(N)C2CCOCC2)CCC1c1ccccc1. The molecule has 3 atom stereocenters. The Balaban J connectivity index is 1.59. The maximum Gasteiger partial charge on any atom is 0.239 e. The molecule has 0 aliphatic carbocycles. The molecule has 0 saturated carbocycles. The molecule has 2 aliphatic heterocycles. The number of hydrogen-bond acceptors (Lipinski definition) is 3. The van der Waals surface area contributed by atoms with Crippen molar-refractivity contribution in [3.8, 4) is 0 Å². The lowest BCUT2D eigenvalue weighted by Gasteiger charge is -2.39. The lowest BCUT2D eigenvalue weighted by Crippen LogP contribution is -2.52. The van der Waals surface area contributed by atoms with E-state index in [1.54, 1.807) is 0 Å². The predicted molar refractivity (Wildman–Crippen MR) is 91.1 cm³/mol. The van der Waals surface area contributed by atoms with Gasteiger partial charge in [-0.25, -0.2) is 0 Å². The van der Waals surface area contributed by atoms with Crippen LogP contribution in [0, 0.1) is 11.8 Å². The van der Waals surface area contributed by atoms with E-state index >= 15 is 0 Å². The van der Waals surface area contributed by atoms with Crippen molar-refractivity contribution < 1.29 is 9.53 Å². The zero-order valence-corrected chi connectivity index (χ0v) is 14.0. The summed E-state index contributed by atoms with van der Waals surface area (Å²) in [6, 6.07) is 10.3. The third-order valence-electron chi connectivity index (χ3n) is 5.50. The van der Waals surface area contributed by atoms with Gasteiger partial charge in [0, 0.05) is 26.3 Å². The summed E-state index contributed by atoms with van der Waals surface area (Å²) < 4.78 is 5.37. The molecule has 1 aromatic rings. The van der Waals surface area contributed by atoms with E-state index in [0.29, 0.717) is 11.8 Å². The van der Waals surface area contributed by atoms with Crippen LogP contribution in [0.25, 0.3) is 0 Å². The van der Waals surface area contributed by atoms with E-state index in [1.807, 2.05) is 4.90 Å². The standard InChI is InChI=1S/C19H28N2O2/c1-14-13-21(10-7-17(14)15-5-3-2-4-6-15)19(22)18(20)16-8-11-23-12-9-16/h2-6,14,16-18H,7-13,20H2,1H3. The van der Waals surface area contributed by atoms with E-state index in [9.17, 15) is 4.79 Å². The minimum Gasteiger partial charge on any atom is -0.381 e. The monoisotopic (exact) mass is 316 g/mol. The fraction of sp³-hybridized carbons (Fsp3) is 0.632. The van der Waals surface area contributed by atoms with Crippen LogP contribution in [0.4, 0.5) is 0 Å². The molecule has 2 fully saturated rings. The molecule has 126 valence electrons. The number of nitrogens with two attached hydrogens (primary N) is 1. The molecule has 23 heavy (non-hydrogen) atoms. The lowest BCUT2D eigenvalue weighted by molar-refractivity contribution is -0.136. The molecule has 2 aliphatic rings. The highest BCUT2D eigenvalue weighted by molar-refractivity contribution is 5.82. The number of rotatable bonds is 3. The van der Waals surface area contributed by atoms with Crippen molar-refractivity contribution in [3.63, 3.8) is 0 Å². The molecule has 2 N–H and O–H groups in total. The second-order valence-electron chi connectivity index (χ2n) is 7.04. The van der Waals surface area contributed by atoms with Crippen LogP contribution in [0.15, 0.2) is 30.3 Å². The largest absolute Gasteiger partial charge is 0.381 e. The maximum atomic E-state index is 12.7. The van der Waals surface area contributed by atoms with Crippen molar-refractivity contribution in [1.29, 1.82) is 0 Å². The van der Waals surface area contributed by atoms with Crippen molar-refractivity contribution in [2.75, 3.05) is 26.3 Å². The van der Waals surface area contributed by atoms with Gasteiger partial charge in [0.1, 0.15) is 0 Å². The molecule has 4 nitrogen and oxygen atoms in total. The van der Waals surface area contributed by atoms with Crippen molar-refractivity contribution in [2.24, 2.45) is 17.6 Å². The van der Waals surface area contributed by atoms with Gasteiger partial charge in [0.2, 0.25) is 5.91 Å². The zero-order valence-electron chi connectivity index (χ0n) is 14.0. The number of amides is 1. The Morgan fingerprint density at radius 2 is 1.91 bits per heavy atom. The van der Waals surface area contributed by atoms with Crippen LogP contribution in [0.2, 0.25) is 0 Å². The van der Waals surface area contributed by atoms with Crippen molar-refractivity contribution in [2.45, 2.75) is 38.1 Å². The van der Waals surface area contributed by atoms with Crippen molar-refractivity contribution in [3.05, 3.63) is 35.9 Å². The summed E-state index contributed by atoms with van der Waals surface area (Å²) in [6.07, 6.45) is 2.84. The van der Waals surface area contributed by atoms with E-state index < -0.39 is 0 Å². The Labute approximate surface area is 139 Å². The summed E-state index contributed by atoms with van der Waals surface area (Å²) in [5.74, 6) is 1.42. The Kier molecular flexibility index (Phi) is 5.34. The molecule has 3 rings (SSSR count). The number of hydrogen-bond donors (Lipinski definition) is 1. The second kappa shape index (κ2) is 7.45. The predicted octanol–water partition coefficient (Wildman–Crippen LogP) is 2.39. The molecule has 2 saturated heterocycles. The molecular formula is C19H28N2O2. The number of likely N-dealkylation sites (tertiary alicyclic amines) is 1. The average Bonchev–Trinajstić information content (AvgIpc) is 2.62. The van der Waals surface area contributed by atoms with Crippen LogP contribution >= 0.6 is 0 Å². The van der Waals surface area contributed by atoms with Crippen molar-refractivity contribution in [1.82, 2.24) is 4.90 Å². The first-order valence-electron chi connectivity index (χ1n) is 8.84. The highest BCUT2D eigenvalue weighted by Crippen LogP contribution is 2.33. The summed E-state index contributed by atoms with van der Waals surface area (Å²) in [5, 5.41) is 0. The molecule has 3 unspecified atom stereocenters. The van der Waals surface area contributed by atoms with Crippen LogP contribution in [-0.2, 0) is 9.53 Å². The summed E-state index contributed by atoms with van der Waals surface area (Å²) >= 11 is 0. The Hall–Kier alpha value is -1.39. The first-order valence-corrected chi connectivity index (χ1v) is 8.84. The van der Waals surface area contributed by atoms with E-state index in [1.165, 1.54) is 5.56 Å². The number of benzene rings is 1. The van der Waals surface area contributed by atoms with Gasteiger partial charge in [0.05, 0.1) is 6.04 Å². The first-order chi connectivity index (χ1) is 11.2. The molecule has 0 spiro atoms.